The first-order valence-corrected chi connectivity index (χ1v) is 9.47. The molecular formula is C21H26N4O2. The van der Waals surface area contributed by atoms with Crippen molar-refractivity contribution in [3.05, 3.63) is 71.9 Å². The fourth-order valence-electron chi connectivity index (χ4n) is 3.47. The van der Waals surface area contributed by atoms with Crippen molar-refractivity contribution in [2.45, 2.75) is 19.5 Å². The van der Waals surface area contributed by atoms with E-state index < -0.39 is 0 Å². The van der Waals surface area contributed by atoms with E-state index in [0.29, 0.717) is 0 Å². The molecule has 0 aliphatic carbocycles. The summed E-state index contributed by atoms with van der Waals surface area (Å²) in [5.74, 6) is 1.98. The second kappa shape index (κ2) is 8.52. The van der Waals surface area contributed by atoms with E-state index >= 15 is 0 Å². The lowest BCUT2D eigenvalue weighted by molar-refractivity contribution is 0.0115. The summed E-state index contributed by atoms with van der Waals surface area (Å²) in [7, 11) is 0. The summed E-state index contributed by atoms with van der Waals surface area (Å²) in [6, 6.07) is 14.8. The molecule has 0 spiro atoms. The monoisotopic (exact) mass is 366 g/mol. The van der Waals surface area contributed by atoms with Crippen LogP contribution in [0.15, 0.2) is 59.3 Å². The fourth-order valence-corrected chi connectivity index (χ4v) is 3.47. The van der Waals surface area contributed by atoms with E-state index in [9.17, 15) is 0 Å². The van der Waals surface area contributed by atoms with Crippen LogP contribution in [0.3, 0.4) is 0 Å². The number of rotatable bonds is 7. The number of nitrogens with zero attached hydrogens (tertiary/aromatic N) is 3. The molecule has 0 amide bonds. The second-order valence-corrected chi connectivity index (χ2v) is 6.86. The lowest BCUT2D eigenvalue weighted by Gasteiger charge is -2.33. The molecule has 1 N–H and O–H groups in total. The van der Waals surface area contributed by atoms with Crippen LogP contribution >= 0.6 is 0 Å². The molecule has 0 radical (unpaired) electrons. The van der Waals surface area contributed by atoms with Crippen LogP contribution in [-0.2, 0) is 11.3 Å². The van der Waals surface area contributed by atoms with Gasteiger partial charge in [0, 0.05) is 38.6 Å². The van der Waals surface area contributed by atoms with Crippen LogP contribution in [0.4, 0.5) is 0 Å². The van der Waals surface area contributed by atoms with Gasteiger partial charge in [-0.25, -0.2) is 4.68 Å². The summed E-state index contributed by atoms with van der Waals surface area (Å²) in [4.78, 5) is 2.44. The maximum atomic E-state index is 5.93. The van der Waals surface area contributed by atoms with Gasteiger partial charge < -0.3 is 14.5 Å². The molecule has 1 aliphatic heterocycles. The fraction of sp³-hybridized carbons (Fsp3) is 0.381. The van der Waals surface area contributed by atoms with Crippen LogP contribution < -0.4 is 5.32 Å². The number of aryl methyl sites for hydroxylation is 1. The van der Waals surface area contributed by atoms with Gasteiger partial charge in [-0.15, -0.1) is 0 Å². The number of nitrogens with one attached hydrogen (secondary N) is 1. The van der Waals surface area contributed by atoms with Crippen molar-refractivity contribution in [1.82, 2.24) is 20.0 Å². The third kappa shape index (κ3) is 4.47. The van der Waals surface area contributed by atoms with Gasteiger partial charge in [0.1, 0.15) is 11.5 Å². The molecule has 3 aromatic rings. The van der Waals surface area contributed by atoms with E-state index in [1.54, 1.807) is 6.20 Å². The largest absolute Gasteiger partial charge is 0.465 e. The molecule has 1 aliphatic rings. The Kier molecular flexibility index (Phi) is 5.67. The van der Waals surface area contributed by atoms with Crippen molar-refractivity contribution in [2.75, 3.05) is 32.8 Å². The Morgan fingerprint density at radius 2 is 1.93 bits per heavy atom. The van der Waals surface area contributed by atoms with E-state index in [1.165, 1.54) is 5.56 Å². The zero-order valence-electron chi connectivity index (χ0n) is 15.7. The molecule has 6 heteroatoms. The first-order valence-electron chi connectivity index (χ1n) is 9.47. The minimum atomic E-state index is 0.228. The molecule has 6 nitrogen and oxygen atoms in total. The smallest absolute Gasteiger partial charge is 0.122 e. The summed E-state index contributed by atoms with van der Waals surface area (Å²) >= 11 is 0. The Morgan fingerprint density at radius 1 is 1.11 bits per heavy atom. The van der Waals surface area contributed by atoms with Crippen molar-refractivity contribution in [2.24, 2.45) is 0 Å². The minimum absolute atomic E-state index is 0.228. The van der Waals surface area contributed by atoms with Crippen molar-refractivity contribution >= 4 is 0 Å². The number of aromatic nitrogens is 2. The van der Waals surface area contributed by atoms with Crippen LogP contribution in [-0.4, -0.2) is 47.5 Å². The SMILES string of the molecule is Cc1ccc(C(CNCc2ccc(-n3cccn3)cc2)N2CCOCC2)o1. The molecule has 0 bridgehead atoms. The highest BCUT2D eigenvalue weighted by Crippen LogP contribution is 2.23. The van der Waals surface area contributed by atoms with Crippen LogP contribution in [0.1, 0.15) is 23.1 Å². The molecule has 1 fully saturated rings. The quantitative estimate of drug-likeness (QED) is 0.697. The standard InChI is InChI=1S/C21H26N4O2/c1-17-3-8-21(27-17)20(24-11-13-26-14-12-24)16-22-15-18-4-6-19(7-5-18)25-10-2-9-23-25/h2-10,20,22H,11-16H2,1H3. The average molecular weight is 366 g/mol. The van der Waals surface area contributed by atoms with E-state index in [2.05, 4.69) is 45.6 Å². The Balaban J connectivity index is 1.37. The molecule has 1 aromatic carbocycles. The molecule has 27 heavy (non-hydrogen) atoms. The number of furan rings is 1. The molecule has 0 saturated carbocycles. The van der Waals surface area contributed by atoms with E-state index in [4.69, 9.17) is 9.15 Å². The summed E-state index contributed by atoms with van der Waals surface area (Å²) < 4.78 is 13.3. The van der Waals surface area contributed by atoms with Crippen LogP contribution in [0.25, 0.3) is 5.69 Å². The predicted octanol–water partition coefficient (Wildman–Crippen LogP) is 2.94. The first-order chi connectivity index (χ1) is 13.3. The molecular weight excluding hydrogens is 340 g/mol. The highest BCUT2D eigenvalue weighted by atomic mass is 16.5. The molecule has 142 valence electrons. The molecule has 1 unspecified atom stereocenters. The van der Waals surface area contributed by atoms with Crippen molar-refractivity contribution in [1.29, 1.82) is 0 Å². The lowest BCUT2D eigenvalue weighted by Crippen LogP contribution is -2.42. The van der Waals surface area contributed by atoms with Gasteiger partial charge >= 0.3 is 0 Å². The number of hydrogen-bond donors (Lipinski definition) is 1. The van der Waals surface area contributed by atoms with Gasteiger partial charge in [0.05, 0.1) is 24.9 Å². The summed E-state index contributed by atoms with van der Waals surface area (Å²) in [5.41, 5.74) is 2.32. The lowest BCUT2D eigenvalue weighted by atomic mass is 10.1. The molecule has 3 heterocycles. The van der Waals surface area contributed by atoms with Gasteiger partial charge in [-0.2, -0.15) is 5.10 Å². The predicted molar refractivity (Wildman–Crippen MR) is 104 cm³/mol. The van der Waals surface area contributed by atoms with Crippen LogP contribution in [0.2, 0.25) is 0 Å². The van der Waals surface area contributed by atoms with E-state index in [0.717, 1.165) is 56.6 Å². The number of morpholine rings is 1. The Hall–Kier alpha value is -2.41. The number of hydrogen-bond acceptors (Lipinski definition) is 5. The minimum Gasteiger partial charge on any atom is -0.465 e. The maximum Gasteiger partial charge on any atom is 0.122 e. The summed E-state index contributed by atoms with van der Waals surface area (Å²) in [6.45, 7) is 7.09. The normalized spacial score (nSPS) is 16.5. The highest BCUT2D eigenvalue weighted by molar-refractivity contribution is 5.33. The highest BCUT2D eigenvalue weighted by Gasteiger charge is 2.24. The third-order valence-corrected chi connectivity index (χ3v) is 4.95. The Morgan fingerprint density at radius 3 is 2.59 bits per heavy atom. The van der Waals surface area contributed by atoms with Crippen LogP contribution in [0.5, 0.6) is 0 Å². The second-order valence-electron chi connectivity index (χ2n) is 6.86. The van der Waals surface area contributed by atoms with Crippen molar-refractivity contribution in [3.8, 4) is 5.69 Å². The first kappa shape index (κ1) is 18.0. The Bertz CT molecular complexity index is 820. The van der Waals surface area contributed by atoms with Crippen molar-refractivity contribution in [3.63, 3.8) is 0 Å². The van der Waals surface area contributed by atoms with E-state index in [1.807, 2.05) is 29.9 Å². The maximum absolute atomic E-state index is 5.93. The summed E-state index contributed by atoms with van der Waals surface area (Å²) in [6.07, 6.45) is 3.74. The van der Waals surface area contributed by atoms with Gasteiger partial charge in [-0.3, -0.25) is 4.90 Å². The summed E-state index contributed by atoms with van der Waals surface area (Å²) in [5, 5.41) is 7.86. The Labute approximate surface area is 159 Å². The van der Waals surface area contributed by atoms with Gasteiger partial charge in [-0.1, -0.05) is 12.1 Å². The average Bonchev–Trinajstić information content (AvgIpc) is 3.39. The van der Waals surface area contributed by atoms with Crippen molar-refractivity contribution < 1.29 is 9.15 Å². The zero-order chi connectivity index (χ0) is 18.5. The van der Waals surface area contributed by atoms with Gasteiger partial charge in [0.2, 0.25) is 0 Å². The topological polar surface area (TPSA) is 55.5 Å². The number of benzene rings is 1. The van der Waals surface area contributed by atoms with Gasteiger partial charge in [-0.05, 0) is 42.8 Å². The molecule has 1 atom stereocenters. The number of ether oxygens (including phenoxy) is 1. The van der Waals surface area contributed by atoms with E-state index in [-0.39, 0.29) is 6.04 Å². The molecule has 2 aromatic heterocycles. The third-order valence-electron chi connectivity index (χ3n) is 4.95. The zero-order valence-corrected chi connectivity index (χ0v) is 15.7. The van der Waals surface area contributed by atoms with Gasteiger partial charge in [0.25, 0.3) is 0 Å². The van der Waals surface area contributed by atoms with Gasteiger partial charge in [0.15, 0.2) is 0 Å². The molecule has 4 rings (SSSR count). The van der Waals surface area contributed by atoms with Crippen LogP contribution in [0, 0.1) is 6.92 Å². The molecule has 1 saturated heterocycles.